The van der Waals surface area contributed by atoms with E-state index in [0.29, 0.717) is 0 Å². The summed E-state index contributed by atoms with van der Waals surface area (Å²) in [6.45, 7) is 2.87. The standard InChI is InChI=1S/C9H12N2OS/c1-7-5-13-9(10-7)8-3-2-4-11(8)6-12/h5-6,8H,2-4H2,1H3/t8-/m1/s1. The van der Waals surface area contributed by atoms with Gasteiger partial charge < -0.3 is 4.90 Å². The summed E-state index contributed by atoms with van der Waals surface area (Å²) in [5.41, 5.74) is 1.05. The van der Waals surface area contributed by atoms with Crippen LogP contribution >= 0.6 is 11.3 Å². The molecule has 0 N–H and O–H groups in total. The number of aryl methyl sites for hydroxylation is 1. The van der Waals surface area contributed by atoms with E-state index in [1.807, 2.05) is 17.2 Å². The average Bonchev–Trinajstić information content (AvgIpc) is 2.71. The van der Waals surface area contributed by atoms with E-state index in [2.05, 4.69) is 4.98 Å². The normalized spacial score (nSPS) is 22.2. The van der Waals surface area contributed by atoms with Crippen molar-refractivity contribution in [1.29, 1.82) is 0 Å². The highest BCUT2D eigenvalue weighted by atomic mass is 32.1. The van der Waals surface area contributed by atoms with Crippen LogP contribution in [0.25, 0.3) is 0 Å². The number of aromatic nitrogens is 1. The molecule has 13 heavy (non-hydrogen) atoms. The summed E-state index contributed by atoms with van der Waals surface area (Å²) >= 11 is 1.65. The predicted molar refractivity (Wildman–Crippen MR) is 51.6 cm³/mol. The number of nitrogens with zero attached hydrogens (tertiary/aromatic N) is 2. The fraction of sp³-hybridized carbons (Fsp3) is 0.556. The molecule has 0 aromatic carbocycles. The van der Waals surface area contributed by atoms with Gasteiger partial charge >= 0.3 is 0 Å². The van der Waals surface area contributed by atoms with Crippen LogP contribution in [-0.4, -0.2) is 22.8 Å². The Balaban J connectivity index is 2.20. The average molecular weight is 196 g/mol. The summed E-state index contributed by atoms with van der Waals surface area (Å²) in [5.74, 6) is 0. The lowest BCUT2D eigenvalue weighted by Gasteiger charge is -2.16. The molecule has 4 heteroatoms. The Morgan fingerprint density at radius 3 is 3.23 bits per heavy atom. The van der Waals surface area contributed by atoms with Gasteiger partial charge in [-0.3, -0.25) is 4.79 Å². The number of hydrogen-bond donors (Lipinski definition) is 0. The number of hydrogen-bond acceptors (Lipinski definition) is 3. The molecule has 70 valence electrons. The van der Waals surface area contributed by atoms with Gasteiger partial charge in [0.15, 0.2) is 0 Å². The molecular formula is C9H12N2OS. The molecule has 0 aliphatic carbocycles. The number of rotatable bonds is 2. The van der Waals surface area contributed by atoms with Crippen molar-refractivity contribution in [2.45, 2.75) is 25.8 Å². The molecule has 2 heterocycles. The third kappa shape index (κ3) is 1.58. The molecule has 2 rings (SSSR count). The minimum Gasteiger partial charge on any atom is -0.336 e. The van der Waals surface area contributed by atoms with E-state index in [0.717, 1.165) is 36.5 Å². The third-order valence-corrected chi connectivity index (χ3v) is 3.42. The van der Waals surface area contributed by atoms with Crippen molar-refractivity contribution in [3.8, 4) is 0 Å². The minimum absolute atomic E-state index is 0.246. The lowest BCUT2D eigenvalue weighted by molar-refractivity contribution is -0.118. The monoisotopic (exact) mass is 196 g/mol. The zero-order chi connectivity index (χ0) is 9.26. The topological polar surface area (TPSA) is 33.2 Å². The number of carbonyl (C=O) groups excluding carboxylic acids is 1. The van der Waals surface area contributed by atoms with Crippen LogP contribution in [0.5, 0.6) is 0 Å². The summed E-state index contributed by atoms with van der Waals surface area (Å²) in [5, 5.41) is 3.12. The number of thiazole rings is 1. The van der Waals surface area contributed by atoms with Crippen LogP contribution < -0.4 is 0 Å². The summed E-state index contributed by atoms with van der Waals surface area (Å²) in [6.07, 6.45) is 3.10. The minimum atomic E-state index is 0.246. The highest BCUT2D eigenvalue weighted by Crippen LogP contribution is 2.32. The van der Waals surface area contributed by atoms with Gasteiger partial charge in [-0.1, -0.05) is 0 Å². The molecule has 1 aliphatic rings. The van der Waals surface area contributed by atoms with Crippen molar-refractivity contribution in [1.82, 2.24) is 9.88 Å². The maximum absolute atomic E-state index is 10.7. The molecule has 1 aromatic rings. The quantitative estimate of drug-likeness (QED) is 0.675. The molecule has 1 saturated heterocycles. The van der Waals surface area contributed by atoms with Crippen LogP contribution in [0.15, 0.2) is 5.38 Å². The summed E-state index contributed by atoms with van der Waals surface area (Å²) in [6, 6.07) is 0.246. The van der Waals surface area contributed by atoms with Crippen LogP contribution in [0.4, 0.5) is 0 Å². The smallest absolute Gasteiger partial charge is 0.210 e. The van der Waals surface area contributed by atoms with Crippen LogP contribution in [0, 0.1) is 6.92 Å². The molecule has 0 spiro atoms. The van der Waals surface area contributed by atoms with Crippen LogP contribution in [-0.2, 0) is 4.79 Å². The molecule has 3 nitrogen and oxygen atoms in total. The molecule has 1 aliphatic heterocycles. The van der Waals surface area contributed by atoms with E-state index in [-0.39, 0.29) is 6.04 Å². The van der Waals surface area contributed by atoms with Gasteiger partial charge in [-0.15, -0.1) is 11.3 Å². The lowest BCUT2D eigenvalue weighted by Crippen LogP contribution is -2.20. The third-order valence-electron chi connectivity index (χ3n) is 2.35. The zero-order valence-corrected chi connectivity index (χ0v) is 8.38. The zero-order valence-electron chi connectivity index (χ0n) is 7.56. The molecule has 0 radical (unpaired) electrons. The molecule has 1 amide bonds. The molecule has 1 atom stereocenters. The molecule has 1 fully saturated rings. The Hall–Kier alpha value is -0.900. The van der Waals surface area contributed by atoms with E-state index >= 15 is 0 Å². The van der Waals surface area contributed by atoms with E-state index in [9.17, 15) is 4.79 Å². The first-order valence-electron chi connectivity index (χ1n) is 4.44. The Bertz CT molecular complexity index is 310. The Morgan fingerprint density at radius 1 is 1.77 bits per heavy atom. The van der Waals surface area contributed by atoms with Crippen LogP contribution in [0.3, 0.4) is 0 Å². The number of likely N-dealkylation sites (tertiary alicyclic amines) is 1. The second-order valence-corrected chi connectivity index (χ2v) is 4.22. The highest BCUT2D eigenvalue weighted by Gasteiger charge is 2.26. The van der Waals surface area contributed by atoms with E-state index in [1.165, 1.54) is 0 Å². The van der Waals surface area contributed by atoms with E-state index < -0.39 is 0 Å². The maximum Gasteiger partial charge on any atom is 0.210 e. The van der Waals surface area contributed by atoms with Crippen molar-refractivity contribution in [3.05, 3.63) is 16.1 Å². The Labute approximate surface area is 81.4 Å². The summed E-state index contributed by atoms with van der Waals surface area (Å²) < 4.78 is 0. The van der Waals surface area contributed by atoms with Gasteiger partial charge in [-0.25, -0.2) is 4.98 Å². The first-order valence-corrected chi connectivity index (χ1v) is 5.32. The van der Waals surface area contributed by atoms with E-state index in [4.69, 9.17) is 0 Å². The molecule has 0 bridgehead atoms. The van der Waals surface area contributed by atoms with Gasteiger partial charge in [0.05, 0.1) is 6.04 Å². The molecule has 0 saturated carbocycles. The maximum atomic E-state index is 10.7. The fourth-order valence-electron chi connectivity index (χ4n) is 1.71. The first-order chi connectivity index (χ1) is 6.31. The predicted octanol–water partition coefficient (Wildman–Crippen LogP) is 1.74. The Kier molecular flexibility index (Phi) is 2.31. The van der Waals surface area contributed by atoms with Crippen molar-refractivity contribution in [3.63, 3.8) is 0 Å². The van der Waals surface area contributed by atoms with Gasteiger partial charge in [0, 0.05) is 17.6 Å². The van der Waals surface area contributed by atoms with Gasteiger partial charge in [-0.2, -0.15) is 0 Å². The summed E-state index contributed by atoms with van der Waals surface area (Å²) in [7, 11) is 0. The molecule has 1 aromatic heterocycles. The fourth-order valence-corrected chi connectivity index (χ4v) is 2.66. The Morgan fingerprint density at radius 2 is 2.62 bits per heavy atom. The van der Waals surface area contributed by atoms with Crippen LogP contribution in [0.2, 0.25) is 0 Å². The van der Waals surface area contributed by atoms with Gasteiger partial charge in [0.25, 0.3) is 0 Å². The number of carbonyl (C=O) groups is 1. The second kappa shape index (κ2) is 3.46. The highest BCUT2D eigenvalue weighted by molar-refractivity contribution is 7.09. The molecular weight excluding hydrogens is 184 g/mol. The number of amides is 1. The molecule has 0 unspecified atom stereocenters. The lowest BCUT2D eigenvalue weighted by atomic mass is 10.2. The van der Waals surface area contributed by atoms with Crippen molar-refractivity contribution >= 4 is 17.7 Å². The van der Waals surface area contributed by atoms with Gasteiger partial charge in [0.1, 0.15) is 5.01 Å². The first kappa shape index (κ1) is 8.69. The van der Waals surface area contributed by atoms with Crippen molar-refractivity contribution < 1.29 is 4.79 Å². The van der Waals surface area contributed by atoms with Crippen molar-refractivity contribution in [2.24, 2.45) is 0 Å². The second-order valence-electron chi connectivity index (χ2n) is 3.33. The summed E-state index contributed by atoms with van der Waals surface area (Å²) in [4.78, 5) is 17.0. The largest absolute Gasteiger partial charge is 0.336 e. The SMILES string of the molecule is Cc1csc([C@H]2CCCN2C=O)n1. The van der Waals surface area contributed by atoms with Crippen LogP contribution in [0.1, 0.15) is 29.6 Å². The van der Waals surface area contributed by atoms with E-state index in [1.54, 1.807) is 11.3 Å². The van der Waals surface area contributed by atoms with Crippen molar-refractivity contribution in [2.75, 3.05) is 6.54 Å². The van der Waals surface area contributed by atoms with Gasteiger partial charge in [0.2, 0.25) is 6.41 Å². The van der Waals surface area contributed by atoms with Gasteiger partial charge in [-0.05, 0) is 19.8 Å².